The molecule has 158 valence electrons. The van der Waals surface area contributed by atoms with Crippen LogP contribution >= 0.6 is 11.6 Å². The number of anilines is 1. The van der Waals surface area contributed by atoms with E-state index in [0.29, 0.717) is 11.6 Å². The zero-order valence-electron chi connectivity index (χ0n) is 17.4. The van der Waals surface area contributed by atoms with Gasteiger partial charge in [-0.2, -0.15) is 0 Å². The van der Waals surface area contributed by atoms with Crippen molar-refractivity contribution < 1.29 is 8.78 Å². The maximum absolute atomic E-state index is 13.6. The molecule has 0 amide bonds. The number of benzene rings is 3. The van der Waals surface area contributed by atoms with Crippen LogP contribution in [0.2, 0.25) is 5.02 Å². The van der Waals surface area contributed by atoms with Gasteiger partial charge >= 0.3 is 0 Å². The molecule has 2 nitrogen and oxygen atoms in total. The van der Waals surface area contributed by atoms with Crippen LogP contribution < -0.4 is 4.90 Å². The van der Waals surface area contributed by atoms with E-state index in [0.717, 1.165) is 25.2 Å². The molecular formula is C25H27ClF2N2. The first-order chi connectivity index (χ1) is 14.6. The van der Waals surface area contributed by atoms with Gasteiger partial charge in [-0.3, -0.25) is 4.90 Å². The first kappa shape index (κ1) is 22.3. The van der Waals surface area contributed by atoms with Crippen LogP contribution in [0.4, 0.5) is 14.5 Å². The fraction of sp³-hybridized carbons (Fsp3) is 0.280. The highest BCUT2D eigenvalue weighted by atomic mass is 35.5. The molecule has 0 radical (unpaired) electrons. The van der Waals surface area contributed by atoms with E-state index in [-0.39, 0.29) is 6.04 Å². The first-order valence-corrected chi connectivity index (χ1v) is 10.7. The largest absolute Gasteiger partial charge is 0.362 e. The Kier molecular flexibility index (Phi) is 7.83. The third-order valence-electron chi connectivity index (χ3n) is 5.20. The number of para-hydroxylation sites is 1. The molecule has 1 saturated heterocycles. The highest BCUT2D eigenvalue weighted by molar-refractivity contribution is 6.30. The van der Waals surface area contributed by atoms with E-state index in [1.165, 1.54) is 23.4 Å². The third kappa shape index (κ3) is 5.38. The van der Waals surface area contributed by atoms with E-state index < -0.39 is 11.6 Å². The Bertz CT molecular complexity index is 932. The number of nitrogens with zero attached hydrogens (tertiary/aromatic N) is 2. The lowest BCUT2D eigenvalue weighted by Crippen LogP contribution is -2.48. The fourth-order valence-electron chi connectivity index (χ4n) is 3.78. The summed E-state index contributed by atoms with van der Waals surface area (Å²) in [6.07, 6.45) is 0. The highest BCUT2D eigenvalue weighted by Gasteiger charge is 2.28. The number of hydrogen-bond donors (Lipinski definition) is 0. The second-order valence-electron chi connectivity index (χ2n) is 7.08. The number of halogens is 3. The minimum atomic E-state index is -0.809. The van der Waals surface area contributed by atoms with Crippen molar-refractivity contribution in [3.05, 3.63) is 101 Å². The lowest BCUT2D eigenvalue weighted by Gasteiger charge is -2.43. The van der Waals surface area contributed by atoms with Gasteiger partial charge in [0.25, 0.3) is 0 Å². The van der Waals surface area contributed by atoms with Gasteiger partial charge in [0.2, 0.25) is 0 Å². The van der Waals surface area contributed by atoms with Crippen LogP contribution in [0.5, 0.6) is 0 Å². The summed E-state index contributed by atoms with van der Waals surface area (Å²) < 4.78 is 26.8. The minimum Gasteiger partial charge on any atom is -0.362 e. The molecule has 1 fully saturated rings. The van der Waals surface area contributed by atoms with Crippen molar-refractivity contribution >= 4 is 17.3 Å². The molecule has 3 aromatic rings. The highest BCUT2D eigenvalue weighted by Crippen LogP contribution is 2.32. The molecule has 0 bridgehead atoms. The lowest BCUT2D eigenvalue weighted by molar-refractivity contribution is 0.215. The molecule has 1 heterocycles. The Balaban J connectivity index is 0.00000124. The summed E-state index contributed by atoms with van der Waals surface area (Å²) in [6, 6.07) is 22.6. The van der Waals surface area contributed by atoms with Crippen LogP contribution in [0.3, 0.4) is 0 Å². The summed E-state index contributed by atoms with van der Waals surface area (Å²) in [4.78, 5) is 4.68. The zero-order chi connectivity index (χ0) is 21.5. The van der Waals surface area contributed by atoms with Gasteiger partial charge in [0.15, 0.2) is 11.6 Å². The average molecular weight is 429 g/mol. The predicted octanol–water partition coefficient (Wildman–Crippen LogP) is 6.71. The van der Waals surface area contributed by atoms with Crippen molar-refractivity contribution in [2.24, 2.45) is 0 Å². The van der Waals surface area contributed by atoms with Crippen LogP contribution in [0.25, 0.3) is 0 Å². The Hall–Kier alpha value is -2.43. The smallest absolute Gasteiger partial charge is 0.159 e. The molecule has 4 rings (SSSR count). The van der Waals surface area contributed by atoms with E-state index in [1.807, 2.05) is 44.2 Å². The molecule has 1 aliphatic rings. The van der Waals surface area contributed by atoms with Gasteiger partial charge < -0.3 is 4.90 Å². The maximum atomic E-state index is 13.6. The number of hydrogen-bond acceptors (Lipinski definition) is 2. The molecule has 0 aliphatic carbocycles. The van der Waals surface area contributed by atoms with Crippen molar-refractivity contribution in [1.29, 1.82) is 0 Å². The van der Waals surface area contributed by atoms with Gasteiger partial charge in [0, 0.05) is 36.9 Å². The monoisotopic (exact) mass is 428 g/mol. The van der Waals surface area contributed by atoms with Gasteiger partial charge in [-0.1, -0.05) is 61.8 Å². The van der Waals surface area contributed by atoms with Crippen molar-refractivity contribution in [3.8, 4) is 0 Å². The van der Waals surface area contributed by atoms with Gasteiger partial charge in [-0.05, 0) is 47.5 Å². The van der Waals surface area contributed by atoms with Gasteiger partial charge in [-0.15, -0.1) is 0 Å². The van der Waals surface area contributed by atoms with Crippen LogP contribution in [-0.2, 0) is 6.54 Å². The summed E-state index contributed by atoms with van der Waals surface area (Å²) in [5, 5.41) is 0.712. The second-order valence-corrected chi connectivity index (χ2v) is 7.52. The summed E-state index contributed by atoms with van der Waals surface area (Å²) in [6.45, 7) is 7.07. The van der Waals surface area contributed by atoms with Crippen LogP contribution in [0, 0.1) is 11.6 Å². The van der Waals surface area contributed by atoms with Crippen LogP contribution in [0.1, 0.15) is 31.0 Å². The molecular weight excluding hydrogens is 402 g/mol. The molecule has 0 aromatic heterocycles. The number of piperazine rings is 1. The quantitative estimate of drug-likeness (QED) is 0.455. The first-order valence-electron chi connectivity index (χ1n) is 10.3. The molecule has 0 N–H and O–H groups in total. The SMILES string of the molecule is CC.Fc1ccc(CN2CCN(c3ccccc3)C(c3ccc(Cl)cc3)C2)cc1F. The van der Waals surface area contributed by atoms with Gasteiger partial charge in [-0.25, -0.2) is 8.78 Å². The predicted molar refractivity (Wildman–Crippen MR) is 121 cm³/mol. The van der Waals surface area contributed by atoms with Gasteiger partial charge in [0.1, 0.15) is 0 Å². The maximum Gasteiger partial charge on any atom is 0.159 e. The minimum absolute atomic E-state index is 0.152. The van der Waals surface area contributed by atoms with E-state index in [9.17, 15) is 8.78 Å². The fourth-order valence-corrected chi connectivity index (χ4v) is 3.90. The molecule has 1 atom stereocenters. The third-order valence-corrected chi connectivity index (χ3v) is 5.45. The standard InChI is InChI=1S/C23H21ClF2N2.C2H6/c24-19-9-7-18(8-10-19)23-16-27(15-17-6-11-21(25)22(26)14-17)12-13-28(23)20-4-2-1-3-5-20;1-2/h1-11,14,23H,12-13,15-16H2;1-2H3. The summed E-state index contributed by atoms with van der Waals surface area (Å²) in [7, 11) is 0. The Labute approximate surface area is 182 Å². The second kappa shape index (κ2) is 10.6. The van der Waals surface area contributed by atoms with Crippen LogP contribution in [0.15, 0.2) is 72.8 Å². The van der Waals surface area contributed by atoms with Crippen molar-refractivity contribution in [2.75, 3.05) is 24.5 Å². The molecule has 30 heavy (non-hydrogen) atoms. The summed E-state index contributed by atoms with van der Waals surface area (Å²) >= 11 is 6.08. The Morgan fingerprint density at radius 2 is 1.57 bits per heavy atom. The van der Waals surface area contributed by atoms with Crippen molar-refractivity contribution in [3.63, 3.8) is 0 Å². The molecule has 1 unspecified atom stereocenters. The van der Waals surface area contributed by atoms with Crippen molar-refractivity contribution in [2.45, 2.75) is 26.4 Å². The van der Waals surface area contributed by atoms with Crippen molar-refractivity contribution in [1.82, 2.24) is 4.90 Å². The summed E-state index contributed by atoms with van der Waals surface area (Å²) in [5.74, 6) is -1.61. The number of rotatable bonds is 4. The molecule has 1 aliphatic heterocycles. The van der Waals surface area contributed by atoms with E-state index in [1.54, 1.807) is 6.07 Å². The molecule has 3 aromatic carbocycles. The summed E-state index contributed by atoms with van der Waals surface area (Å²) in [5.41, 5.74) is 3.14. The lowest BCUT2D eigenvalue weighted by atomic mass is 10.0. The zero-order valence-corrected chi connectivity index (χ0v) is 18.1. The topological polar surface area (TPSA) is 6.48 Å². The Morgan fingerprint density at radius 1 is 0.867 bits per heavy atom. The average Bonchev–Trinajstić information content (AvgIpc) is 2.79. The van der Waals surface area contributed by atoms with E-state index >= 15 is 0 Å². The molecule has 0 saturated carbocycles. The van der Waals surface area contributed by atoms with E-state index in [4.69, 9.17) is 11.6 Å². The molecule has 0 spiro atoms. The van der Waals surface area contributed by atoms with Gasteiger partial charge in [0.05, 0.1) is 6.04 Å². The normalized spacial score (nSPS) is 16.7. The Morgan fingerprint density at radius 3 is 2.23 bits per heavy atom. The molecule has 5 heteroatoms. The van der Waals surface area contributed by atoms with Crippen LogP contribution in [-0.4, -0.2) is 24.5 Å². The van der Waals surface area contributed by atoms with E-state index in [2.05, 4.69) is 34.1 Å².